The van der Waals surface area contributed by atoms with E-state index >= 15 is 0 Å². The number of nitrogens with one attached hydrogen (secondary N) is 3. The molecule has 6 heteroatoms. The summed E-state index contributed by atoms with van der Waals surface area (Å²) in [6.45, 7) is 13.0. The van der Waals surface area contributed by atoms with Gasteiger partial charge in [-0.25, -0.2) is 0 Å². The van der Waals surface area contributed by atoms with Crippen LogP contribution in [0.2, 0.25) is 0 Å². The molecule has 5 nitrogen and oxygen atoms in total. The number of hydrogen-bond acceptors (Lipinski definition) is 3. The molecule has 0 unspecified atom stereocenters. The van der Waals surface area contributed by atoms with Gasteiger partial charge in [-0.2, -0.15) is 0 Å². The summed E-state index contributed by atoms with van der Waals surface area (Å²) in [6.07, 6.45) is 0. The van der Waals surface area contributed by atoms with E-state index in [-0.39, 0.29) is 35.1 Å². The van der Waals surface area contributed by atoms with Gasteiger partial charge >= 0.3 is 0 Å². The highest BCUT2D eigenvalue weighted by molar-refractivity contribution is 14.0. The van der Waals surface area contributed by atoms with Gasteiger partial charge in [0, 0.05) is 39.3 Å². The first-order chi connectivity index (χ1) is 8.20. The molecule has 0 bridgehead atoms. The molecule has 0 saturated carbocycles. The minimum Gasteiger partial charge on any atom is -0.377 e. The molecule has 0 fully saturated rings. The van der Waals surface area contributed by atoms with Crippen molar-refractivity contribution in [2.45, 2.75) is 45.8 Å². The van der Waals surface area contributed by atoms with Crippen molar-refractivity contribution in [2.75, 3.05) is 33.8 Å². The van der Waals surface area contributed by atoms with Crippen molar-refractivity contribution >= 4 is 29.9 Å². The molecule has 0 atom stereocenters. The highest BCUT2D eigenvalue weighted by atomic mass is 127. The van der Waals surface area contributed by atoms with Gasteiger partial charge < -0.3 is 20.7 Å². The van der Waals surface area contributed by atoms with Gasteiger partial charge in [0.05, 0.1) is 5.60 Å². The maximum absolute atomic E-state index is 5.35. The minimum atomic E-state index is -0.193. The van der Waals surface area contributed by atoms with Crippen LogP contribution in [-0.4, -0.2) is 50.9 Å². The Labute approximate surface area is 135 Å². The van der Waals surface area contributed by atoms with Crippen molar-refractivity contribution in [3.8, 4) is 0 Å². The van der Waals surface area contributed by atoms with Crippen LogP contribution >= 0.6 is 24.0 Å². The van der Waals surface area contributed by atoms with E-state index in [1.54, 1.807) is 14.2 Å². The molecule has 0 aromatic rings. The SMILES string of the molecule is CN=C(NCCNC(C)(C)C)NCC(C)(C)OC.I. The Bertz CT molecular complexity index is 262. The number of halogens is 1. The Morgan fingerprint density at radius 2 is 1.63 bits per heavy atom. The Hall–Kier alpha value is -0.0800. The summed E-state index contributed by atoms with van der Waals surface area (Å²) in [6, 6.07) is 0. The molecular formula is C13H31IN4O. The van der Waals surface area contributed by atoms with Gasteiger partial charge in [-0.05, 0) is 34.6 Å². The summed E-state index contributed by atoms with van der Waals surface area (Å²) in [4.78, 5) is 4.17. The maximum Gasteiger partial charge on any atom is 0.191 e. The second-order valence-electron chi connectivity index (χ2n) is 5.99. The van der Waals surface area contributed by atoms with E-state index in [2.05, 4.69) is 41.7 Å². The highest BCUT2D eigenvalue weighted by Gasteiger charge is 2.16. The largest absolute Gasteiger partial charge is 0.377 e. The van der Waals surface area contributed by atoms with Gasteiger partial charge in [0.15, 0.2) is 5.96 Å². The summed E-state index contributed by atoms with van der Waals surface area (Å²) in [5.41, 5.74) is -0.0437. The number of guanidine groups is 1. The summed E-state index contributed by atoms with van der Waals surface area (Å²) >= 11 is 0. The average molecular weight is 386 g/mol. The van der Waals surface area contributed by atoms with E-state index in [0.717, 1.165) is 25.6 Å². The number of hydrogen-bond donors (Lipinski definition) is 3. The summed E-state index contributed by atoms with van der Waals surface area (Å²) in [7, 11) is 3.48. The van der Waals surface area contributed by atoms with E-state index in [1.807, 2.05) is 13.8 Å². The molecule has 19 heavy (non-hydrogen) atoms. The lowest BCUT2D eigenvalue weighted by Crippen LogP contribution is -2.48. The van der Waals surface area contributed by atoms with Gasteiger partial charge in [0.1, 0.15) is 0 Å². The summed E-state index contributed by atoms with van der Waals surface area (Å²) in [5.74, 6) is 0.802. The van der Waals surface area contributed by atoms with Gasteiger partial charge in [0.2, 0.25) is 0 Å². The molecule has 0 saturated heterocycles. The van der Waals surface area contributed by atoms with E-state index < -0.39 is 0 Å². The molecule has 0 amide bonds. The predicted octanol–water partition coefficient (Wildman–Crippen LogP) is 1.58. The molecular weight excluding hydrogens is 355 g/mol. The quantitative estimate of drug-likeness (QED) is 0.281. The van der Waals surface area contributed by atoms with Crippen LogP contribution in [0, 0.1) is 0 Å². The zero-order valence-electron chi connectivity index (χ0n) is 13.4. The van der Waals surface area contributed by atoms with Crippen LogP contribution in [0.1, 0.15) is 34.6 Å². The number of aliphatic imine (C=N–C) groups is 1. The fraction of sp³-hybridized carbons (Fsp3) is 0.923. The van der Waals surface area contributed by atoms with Crippen LogP contribution in [0.5, 0.6) is 0 Å². The predicted molar refractivity (Wildman–Crippen MR) is 93.6 cm³/mol. The van der Waals surface area contributed by atoms with Crippen molar-refractivity contribution in [2.24, 2.45) is 4.99 Å². The molecule has 0 aliphatic rings. The van der Waals surface area contributed by atoms with Gasteiger partial charge in [-0.15, -0.1) is 24.0 Å². The Balaban J connectivity index is 0. The molecule has 0 heterocycles. The van der Waals surface area contributed by atoms with Crippen LogP contribution < -0.4 is 16.0 Å². The topological polar surface area (TPSA) is 57.7 Å². The maximum atomic E-state index is 5.35. The lowest BCUT2D eigenvalue weighted by Gasteiger charge is -2.25. The lowest BCUT2D eigenvalue weighted by molar-refractivity contribution is 0.0268. The first-order valence-electron chi connectivity index (χ1n) is 6.45. The number of methoxy groups -OCH3 is 1. The first kappa shape index (κ1) is 21.2. The molecule has 0 aromatic heterocycles. The lowest BCUT2D eigenvalue weighted by atomic mass is 10.1. The molecule has 0 aliphatic heterocycles. The molecule has 116 valence electrons. The fourth-order valence-corrected chi connectivity index (χ4v) is 1.21. The third kappa shape index (κ3) is 12.7. The smallest absolute Gasteiger partial charge is 0.191 e. The van der Waals surface area contributed by atoms with E-state index in [4.69, 9.17) is 4.74 Å². The first-order valence-corrected chi connectivity index (χ1v) is 6.45. The van der Waals surface area contributed by atoms with E-state index in [1.165, 1.54) is 0 Å². The molecule has 0 radical (unpaired) electrons. The third-order valence-corrected chi connectivity index (χ3v) is 2.53. The van der Waals surface area contributed by atoms with Crippen molar-refractivity contribution < 1.29 is 4.74 Å². The molecule has 0 aromatic carbocycles. The monoisotopic (exact) mass is 386 g/mol. The van der Waals surface area contributed by atoms with Crippen LogP contribution in [0.15, 0.2) is 4.99 Å². The van der Waals surface area contributed by atoms with Gasteiger partial charge in [-0.1, -0.05) is 0 Å². The minimum absolute atomic E-state index is 0. The Morgan fingerprint density at radius 3 is 2.05 bits per heavy atom. The zero-order chi connectivity index (χ0) is 14.2. The summed E-state index contributed by atoms with van der Waals surface area (Å²) < 4.78 is 5.35. The Kier molecular flexibility index (Phi) is 10.9. The van der Waals surface area contributed by atoms with Crippen LogP contribution in [0.4, 0.5) is 0 Å². The van der Waals surface area contributed by atoms with Gasteiger partial charge in [-0.3, -0.25) is 4.99 Å². The fourth-order valence-electron chi connectivity index (χ4n) is 1.21. The number of rotatable bonds is 6. The van der Waals surface area contributed by atoms with E-state index in [0.29, 0.717) is 0 Å². The van der Waals surface area contributed by atoms with Crippen molar-refractivity contribution in [3.63, 3.8) is 0 Å². The van der Waals surface area contributed by atoms with Crippen LogP contribution in [-0.2, 0) is 4.74 Å². The highest BCUT2D eigenvalue weighted by Crippen LogP contribution is 2.04. The molecule has 3 N–H and O–H groups in total. The van der Waals surface area contributed by atoms with Crippen molar-refractivity contribution in [1.82, 2.24) is 16.0 Å². The normalized spacial score (nSPS) is 12.9. The van der Waals surface area contributed by atoms with Crippen LogP contribution in [0.25, 0.3) is 0 Å². The van der Waals surface area contributed by atoms with Crippen molar-refractivity contribution in [3.05, 3.63) is 0 Å². The number of ether oxygens (including phenoxy) is 1. The second-order valence-corrected chi connectivity index (χ2v) is 5.99. The molecule has 0 spiro atoms. The number of nitrogens with zero attached hydrogens (tertiary/aromatic N) is 1. The van der Waals surface area contributed by atoms with Crippen LogP contribution in [0.3, 0.4) is 0 Å². The second kappa shape index (κ2) is 9.77. The molecule has 0 rings (SSSR count). The molecule has 0 aliphatic carbocycles. The Morgan fingerprint density at radius 1 is 1.05 bits per heavy atom. The van der Waals surface area contributed by atoms with Crippen molar-refractivity contribution in [1.29, 1.82) is 0 Å². The zero-order valence-corrected chi connectivity index (χ0v) is 15.7. The van der Waals surface area contributed by atoms with E-state index in [9.17, 15) is 0 Å². The third-order valence-electron chi connectivity index (χ3n) is 2.53. The summed E-state index contributed by atoms with van der Waals surface area (Å²) in [5, 5.41) is 9.92. The standard InChI is InChI=1S/C13H30N4O.HI/c1-12(2,3)17-9-8-15-11(14-6)16-10-13(4,5)18-7;/h17H,8-10H2,1-7H3,(H2,14,15,16);1H. The average Bonchev–Trinajstić information content (AvgIpc) is 2.27. The van der Waals surface area contributed by atoms with Gasteiger partial charge in [0.25, 0.3) is 0 Å².